The van der Waals surface area contributed by atoms with Crippen molar-refractivity contribution in [3.8, 4) is 22.3 Å². The minimum Gasteiger partial charge on any atom is -0.465 e. The first-order valence-electron chi connectivity index (χ1n) is 9.09. The van der Waals surface area contributed by atoms with Crippen molar-refractivity contribution in [2.45, 2.75) is 4.90 Å². The standard InChI is InChI=1S/C22H16FN3O4S/c1-30-22(27)20-6-2-3-7-21(20)31(28,29)26-14-18(13-25-26)17-9-16(10-19(23)11-17)15-5-4-8-24-12-15/h2-14H,1H3. The molecule has 9 heteroatoms. The number of esters is 1. The van der Waals surface area contributed by atoms with Gasteiger partial charge in [0.2, 0.25) is 0 Å². The average molecular weight is 437 g/mol. The molecule has 0 bridgehead atoms. The topological polar surface area (TPSA) is 91.2 Å². The Morgan fingerprint density at radius 3 is 2.42 bits per heavy atom. The highest BCUT2D eigenvalue weighted by Crippen LogP contribution is 2.28. The van der Waals surface area contributed by atoms with E-state index in [-0.39, 0.29) is 10.5 Å². The molecule has 4 aromatic rings. The van der Waals surface area contributed by atoms with Crippen LogP contribution in [0.3, 0.4) is 0 Å². The Balaban J connectivity index is 1.76. The zero-order chi connectivity index (χ0) is 22.0. The molecule has 0 saturated heterocycles. The summed E-state index contributed by atoms with van der Waals surface area (Å²) in [6.07, 6.45) is 5.81. The summed E-state index contributed by atoms with van der Waals surface area (Å²) in [6.45, 7) is 0. The summed E-state index contributed by atoms with van der Waals surface area (Å²) in [7, 11) is -3.02. The molecule has 0 aliphatic carbocycles. The highest BCUT2D eigenvalue weighted by molar-refractivity contribution is 7.90. The number of nitrogens with zero attached hydrogens (tertiary/aromatic N) is 3. The van der Waals surface area contributed by atoms with Crippen molar-refractivity contribution in [1.82, 2.24) is 14.2 Å². The van der Waals surface area contributed by atoms with Gasteiger partial charge in [-0.15, -0.1) is 0 Å². The number of halogens is 1. The lowest BCUT2D eigenvalue weighted by Crippen LogP contribution is -2.17. The zero-order valence-electron chi connectivity index (χ0n) is 16.3. The van der Waals surface area contributed by atoms with E-state index in [4.69, 9.17) is 0 Å². The highest BCUT2D eigenvalue weighted by atomic mass is 32.2. The Labute approximate surface area is 177 Å². The molecule has 2 heterocycles. The molecule has 0 aliphatic rings. The molecule has 0 amide bonds. The first kappa shape index (κ1) is 20.4. The van der Waals surface area contributed by atoms with Crippen molar-refractivity contribution in [2.24, 2.45) is 0 Å². The van der Waals surface area contributed by atoms with Gasteiger partial charge < -0.3 is 4.74 Å². The van der Waals surface area contributed by atoms with Gasteiger partial charge in [-0.1, -0.05) is 18.2 Å². The minimum absolute atomic E-state index is 0.105. The van der Waals surface area contributed by atoms with E-state index >= 15 is 0 Å². The van der Waals surface area contributed by atoms with Crippen molar-refractivity contribution in [3.63, 3.8) is 0 Å². The third-order valence-electron chi connectivity index (χ3n) is 4.60. The van der Waals surface area contributed by atoms with E-state index in [9.17, 15) is 17.6 Å². The number of hydrogen-bond donors (Lipinski definition) is 0. The number of aromatic nitrogens is 3. The van der Waals surface area contributed by atoms with Crippen molar-refractivity contribution >= 4 is 16.0 Å². The molecule has 0 atom stereocenters. The summed E-state index contributed by atoms with van der Waals surface area (Å²) >= 11 is 0. The van der Waals surface area contributed by atoms with E-state index in [0.29, 0.717) is 16.7 Å². The van der Waals surface area contributed by atoms with Crippen LogP contribution in [0.2, 0.25) is 0 Å². The van der Waals surface area contributed by atoms with Gasteiger partial charge in [0, 0.05) is 23.5 Å². The average Bonchev–Trinajstić information content (AvgIpc) is 3.30. The molecule has 0 saturated carbocycles. The SMILES string of the molecule is COC(=O)c1ccccc1S(=O)(=O)n1cc(-c2cc(F)cc(-c3cccnc3)c2)cn1. The number of methoxy groups -OCH3 is 1. The second-order valence-corrected chi connectivity index (χ2v) is 8.33. The number of benzene rings is 2. The van der Waals surface area contributed by atoms with Gasteiger partial charge in [-0.25, -0.2) is 9.18 Å². The molecule has 0 fully saturated rings. The predicted molar refractivity (Wildman–Crippen MR) is 111 cm³/mol. The lowest BCUT2D eigenvalue weighted by Gasteiger charge is -2.09. The van der Waals surface area contributed by atoms with Crippen molar-refractivity contribution in [3.05, 3.63) is 90.8 Å². The van der Waals surface area contributed by atoms with E-state index in [1.165, 1.54) is 55.9 Å². The van der Waals surface area contributed by atoms with Gasteiger partial charge in [0.25, 0.3) is 10.0 Å². The molecular weight excluding hydrogens is 421 g/mol. The summed E-state index contributed by atoms with van der Waals surface area (Å²) in [6, 6.07) is 13.6. The molecule has 31 heavy (non-hydrogen) atoms. The smallest absolute Gasteiger partial charge is 0.339 e. The molecule has 0 unspecified atom stereocenters. The number of carbonyl (C=O) groups excluding carboxylic acids is 1. The van der Waals surface area contributed by atoms with Gasteiger partial charge in [-0.3, -0.25) is 4.98 Å². The largest absolute Gasteiger partial charge is 0.465 e. The predicted octanol–water partition coefficient (Wildman–Crippen LogP) is 3.77. The first-order valence-corrected chi connectivity index (χ1v) is 10.5. The third-order valence-corrected chi connectivity index (χ3v) is 6.21. The summed E-state index contributed by atoms with van der Waals surface area (Å²) in [5, 5.41) is 3.94. The Morgan fingerprint density at radius 1 is 0.968 bits per heavy atom. The fourth-order valence-electron chi connectivity index (χ4n) is 3.11. The lowest BCUT2D eigenvalue weighted by molar-refractivity contribution is 0.0596. The van der Waals surface area contributed by atoms with Gasteiger partial charge in [-0.05, 0) is 47.5 Å². The molecule has 2 aromatic heterocycles. The Morgan fingerprint density at radius 2 is 1.71 bits per heavy atom. The Hall–Kier alpha value is -3.85. The number of carbonyl (C=O) groups is 1. The quantitative estimate of drug-likeness (QED) is 0.442. The summed E-state index contributed by atoms with van der Waals surface area (Å²) in [5.74, 6) is -1.26. The van der Waals surface area contributed by atoms with Crippen molar-refractivity contribution in [1.29, 1.82) is 0 Å². The number of pyridine rings is 1. The lowest BCUT2D eigenvalue weighted by atomic mass is 10.0. The van der Waals surface area contributed by atoms with Crippen LogP contribution in [0.4, 0.5) is 4.39 Å². The van der Waals surface area contributed by atoms with Crippen LogP contribution in [-0.2, 0) is 14.8 Å². The Bertz CT molecular complexity index is 1370. The van der Waals surface area contributed by atoms with Gasteiger partial charge in [0.1, 0.15) is 10.7 Å². The minimum atomic E-state index is -4.18. The maximum atomic E-state index is 14.3. The van der Waals surface area contributed by atoms with Gasteiger partial charge >= 0.3 is 5.97 Å². The number of rotatable bonds is 5. The van der Waals surface area contributed by atoms with Crippen LogP contribution in [0, 0.1) is 5.82 Å². The fraction of sp³-hybridized carbons (Fsp3) is 0.0455. The normalized spacial score (nSPS) is 11.3. The zero-order valence-corrected chi connectivity index (χ0v) is 17.1. The van der Waals surface area contributed by atoms with Crippen LogP contribution in [0.1, 0.15) is 10.4 Å². The van der Waals surface area contributed by atoms with E-state index in [1.807, 2.05) is 0 Å². The molecule has 4 rings (SSSR count). The fourth-order valence-corrected chi connectivity index (χ4v) is 4.42. The van der Waals surface area contributed by atoms with Crippen molar-refractivity contribution in [2.75, 3.05) is 7.11 Å². The van der Waals surface area contributed by atoms with Crippen LogP contribution >= 0.6 is 0 Å². The molecule has 0 N–H and O–H groups in total. The van der Waals surface area contributed by atoms with Gasteiger partial charge in [0.15, 0.2) is 0 Å². The summed E-state index contributed by atoms with van der Waals surface area (Å²) in [4.78, 5) is 15.8. The highest BCUT2D eigenvalue weighted by Gasteiger charge is 2.25. The monoisotopic (exact) mass is 437 g/mol. The van der Waals surface area contributed by atoms with Crippen LogP contribution in [0.25, 0.3) is 22.3 Å². The summed E-state index contributed by atoms with van der Waals surface area (Å²) < 4.78 is 45.9. The molecule has 156 valence electrons. The second-order valence-electron chi connectivity index (χ2n) is 6.56. The molecule has 0 spiro atoms. The van der Waals surface area contributed by atoms with Crippen LogP contribution in [0.5, 0.6) is 0 Å². The van der Waals surface area contributed by atoms with Gasteiger partial charge in [-0.2, -0.15) is 17.6 Å². The molecule has 7 nitrogen and oxygen atoms in total. The van der Waals surface area contributed by atoms with Crippen LogP contribution in [-0.4, -0.2) is 35.7 Å². The van der Waals surface area contributed by atoms with E-state index in [1.54, 1.807) is 30.6 Å². The van der Waals surface area contributed by atoms with E-state index < -0.39 is 21.8 Å². The Kier molecular flexibility index (Phi) is 5.35. The maximum absolute atomic E-state index is 14.3. The van der Waals surface area contributed by atoms with E-state index in [0.717, 1.165) is 9.65 Å². The van der Waals surface area contributed by atoms with E-state index in [2.05, 4.69) is 14.8 Å². The van der Waals surface area contributed by atoms with Crippen molar-refractivity contribution < 1.29 is 22.3 Å². The number of hydrogen-bond acceptors (Lipinski definition) is 6. The summed E-state index contributed by atoms with van der Waals surface area (Å²) in [5.41, 5.74) is 2.04. The second kappa shape index (κ2) is 8.11. The molecule has 0 radical (unpaired) electrons. The van der Waals surface area contributed by atoms with Crippen LogP contribution in [0.15, 0.2) is 84.3 Å². The maximum Gasteiger partial charge on any atom is 0.339 e. The van der Waals surface area contributed by atoms with Gasteiger partial charge in [0.05, 0.1) is 25.1 Å². The molecular formula is C22H16FN3O4S. The molecule has 2 aromatic carbocycles. The number of ether oxygens (including phenoxy) is 1. The molecule has 0 aliphatic heterocycles. The first-order chi connectivity index (χ1) is 14.9. The van der Waals surface area contributed by atoms with Crippen LogP contribution < -0.4 is 0 Å². The third kappa shape index (κ3) is 3.95.